The quantitative estimate of drug-likeness (QED) is 0.680. The van der Waals surface area contributed by atoms with E-state index >= 15 is 0 Å². The van der Waals surface area contributed by atoms with Gasteiger partial charge in [0.25, 0.3) is 5.91 Å². The van der Waals surface area contributed by atoms with E-state index in [0.717, 1.165) is 44.5 Å². The topological polar surface area (TPSA) is 51.7 Å². The van der Waals surface area contributed by atoms with Crippen LogP contribution < -0.4 is 9.47 Å². The molecule has 5 nitrogen and oxygen atoms in total. The Morgan fingerprint density at radius 3 is 2.46 bits per heavy atom. The van der Waals surface area contributed by atoms with Crippen LogP contribution in [0.1, 0.15) is 49.0 Å². The molecule has 28 heavy (non-hydrogen) atoms. The second kappa shape index (κ2) is 10.1. The first-order valence-electron chi connectivity index (χ1n) is 10.3. The van der Waals surface area contributed by atoms with Crippen LogP contribution in [0.15, 0.2) is 42.6 Å². The molecule has 0 N–H and O–H groups in total. The highest BCUT2D eigenvalue weighted by atomic mass is 16.5. The van der Waals surface area contributed by atoms with Gasteiger partial charge in [0.05, 0.1) is 13.2 Å². The third-order valence-electron chi connectivity index (χ3n) is 5.26. The van der Waals surface area contributed by atoms with Gasteiger partial charge in [-0.25, -0.2) is 4.98 Å². The second-order valence-electron chi connectivity index (χ2n) is 7.14. The number of likely N-dealkylation sites (tertiary alicyclic amines) is 1. The van der Waals surface area contributed by atoms with E-state index in [1.165, 1.54) is 5.56 Å². The van der Waals surface area contributed by atoms with Gasteiger partial charge in [-0.1, -0.05) is 12.1 Å². The number of nitrogens with zero attached hydrogens (tertiary/aromatic N) is 2. The monoisotopic (exact) mass is 382 g/mol. The summed E-state index contributed by atoms with van der Waals surface area (Å²) in [5.41, 5.74) is 1.91. The Labute approximate surface area is 167 Å². The molecule has 5 heteroatoms. The first kappa shape index (κ1) is 20.2. The van der Waals surface area contributed by atoms with Crippen molar-refractivity contribution in [1.82, 2.24) is 9.88 Å². The number of rotatable bonds is 8. The third kappa shape index (κ3) is 5.24. The molecular weight excluding hydrogens is 352 g/mol. The van der Waals surface area contributed by atoms with Crippen LogP contribution >= 0.6 is 0 Å². The van der Waals surface area contributed by atoms with Crippen molar-refractivity contribution >= 4 is 5.91 Å². The summed E-state index contributed by atoms with van der Waals surface area (Å²) in [5, 5.41) is 0. The van der Waals surface area contributed by atoms with Crippen molar-refractivity contribution < 1.29 is 14.3 Å². The van der Waals surface area contributed by atoms with Gasteiger partial charge in [0.15, 0.2) is 0 Å². The molecule has 2 aromatic rings. The van der Waals surface area contributed by atoms with Crippen molar-refractivity contribution in [2.45, 2.75) is 39.5 Å². The fourth-order valence-corrected chi connectivity index (χ4v) is 3.69. The molecule has 0 radical (unpaired) electrons. The average Bonchev–Trinajstić information content (AvgIpc) is 2.74. The number of pyridine rings is 1. The standard InChI is InChI=1S/C23H30N2O3/c1-3-27-20-11-9-18(10-12-20)7-8-19-13-16-25(17-14-19)23(26)21-6-5-15-24-22(21)28-4-2/h5-6,9-12,15,19H,3-4,7-8,13-14,16-17H2,1-2H3. The van der Waals surface area contributed by atoms with Gasteiger partial charge in [-0.3, -0.25) is 4.79 Å². The number of aromatic nitrogens is 1. The van der Waals surface area contributed by atoms with Gasteiger partial charge in [-0.2, -0.15) is 0 Å². The predicted octanol–water partition coefficient (Wildman–Crippen LogP) is 4.36. The Bertz CT molecular complexity index is 753. The fraction of sp³-hybridized carbons (Fsp3) is 0.478. The minimum atomic E-state index is 0.0292. The molecule has 1 aliphatic rings. The van der Waals surface area contributed by atoms with Crippen LogP contribution in [0.5, 0.6) is 11.6 Å². The smallest absolute Gasteiger partial charge is 0.259 e. The summed E-state index contributed by atoms with van der Waals surface area (Å²) in [6.07, 6.45) is 5.99. The van der Waals surface area contributed by atoms with Crippen LogP contribution in [0.25, 0.3) is 0 Å². The lowest BCUT2D eigenvalue weighted by Crippen LogP contribution is -2.38. The minimum absolute atomic E-state index is 0.0292. The van der Waals surface area contributed by atoms with E-state index in [1.54, 1.807) is 18.3 Å². The molecule has 150 valence electrons. The highest BCUT2D eigenvalue weighted by Gasteiger charge is 2.25. The number of carbonyl (C=O) groups is 1. The molecule has 1 fully saturated rings. The van der Waals surface area contributed by atoms with E-state index in [2.05, 4.69) is 17.1 Å². The van der Waals surface area contributed by atoms with Crippen molar-refractivity contribution in [3.8, 4) is 11.6 Å². The Kier molecular flexibility index (Phi) is 7.29. The van der Waals surface area contributed by atoms with Crippen molar-refractivity contribution in [3.05, 3.63) is 53.7 Å². The Morgan fingerprint density at radius 1 is 1.07 bits per heavy atom. The van der Waals surface area contributed by atoms with Crippen molar-refractivity contribution in [2.75, 3.05) is 26.3 Å². The van der Waals surface area contributed by atoms with Crippen LogP contribution in [0, 0.1) is 5.92 Å². The lowest BCUT2D eigenvalue weighted by molar-refractivity contribution is 0.0682. The molecule has 0 atom stereocenters. The van der Waals surface area contributed by atoms with Gasteiger partial charge in [-0.05, 0) is 75.3 Å². The summed E-state index contributed by atoms with van der Waals surface area (Å²) >= 11 is 0. The molecule has 0 unspecified atom stereocenters. The Hall–Kier alpha value is -2.56. The highest BCUT2D eigenvalue weighted by Crippen LogP contribution is 2.25. The molecule has 1 aromatic carbocycles. The molecule has 0 bridgehead atoms. The summed E-state index contributed by atoms with van der Waals surface area (Å²) in [4.78, 5) is 19.0. The van der Waals surface area contributed by atoms with E-state index < -0.39 is 0 Å². The van der Waals surface area contributed by atoms with E-state index in [9.17, 15) is 4.79 Å². The number of ether oxygens (including phenoxy) is 2. The first-order chi connectivity index (χ1) is 13.7. The summed E-state index contributed by atoms with van der Waals surface area (Å²) in [6, 6.07) is 12.0. The number of carbonyl (C=O) groups excluding carboxylic acids is 1. The third-order valence-corrected chi connectivity index (χ3v) is 5.26. The summed E-state index contributed by atoms with van der Waals surface area (Å²) in [5.74, 6) is 2.06. The lowest BCUT2D eigenvalue weighted by atomic mass is 9.90. The Morgan fingerprint density at radius 2 is 1.79 bits per heavy atom. The fourth-order valence-electron chi connectivity index (χ4n) is 3.69. The number of amides is 1. The van der Waals surface area contributed by atoms with Crippen molar-refractivity contribution in [3.63, 3.8) is 0 Å². The largest absolute Gasteiger partial charge is 0.494 e. The van der Waals surface area contributed by atoms with Crippen molar-refractivity contribution in [2.24, 2.45) is 5.92 Å². The van der Waals surface area contributed by atoms with Crippen LogP contribution in [-0.2, 0) is 6.42 Å². The van der Waals surface area contributed by atoms with Gasteiger partial charge in [0.2, 0.25) is 5.88 Å². The van der Waals surface area contributed by atoms with Gasteiger partial charge >= 0.3 is 0 Å². The van der Waals surface area contributed by atoms with Crippen molar-refractivity contribution in [1.29, 1.82) is 0 Å². The van der Waals surface area contributed by atoms with Gasteiger partial charge < -0.3 is 14.4 Å². The zero-order valence-electron chi connectivity index (χ0n) is 16.9. The molecule has 2 heterocycles. The summed E-state index contributed by atoms with van der Waals surface area (Å²) < 4.78 is 11.0. The lowest BCUT2D eigenvalue weighted by Gasteiger charge is -2.32. The molecule has 0 spiro atoms. The van der Waals surface area contributed by atoms with E-state index in [4.69, 9.17) is 9.47 Å². The zero-order valence-corrected chi connectivity index (χ0v) is 16.9. The molecule has 0 saturated carbocycles. The molecule has 1 saturated heterocycles. The van der Waals surface area contributed by atoms with E-state index in [-0.39, 0.29) is 5.91 Å². The maximum atomic E-state index is 12.9. The van der Waals surface area contributed by atoms with Crippen LogP contribution in [0.4, 0.5) is 0 Å². The summed E-state index contributed by atoms with van der Waals surface area (Å²) in [6.45, 7) is 6.70. The highest BCUT2D eigenvalue weighted by molar-refractivity contribution is 5.96. The molecular formula is C23H30N2O3. The maximum Gasteiger partial charge on any atom is 0.259 e. The molecule has 1 aliphatic heterocycles. The molecule has 0 aliphatic carbocycles. The zero-order chi connectivity index (χ0) is 19.8. The summed E-state index contributed by atoms with van der Waals surface area (Å²) in [7, 11) is 0. The maximum absolute atomic E-state index is 12.9. The normalized spacial score (nSPS) is 14.7. The Balaban J connectivity index is 1.48. The number of hydrogen-bond donors (Lipinski definition) is 0. The minimum Gasteiger partial charge on any atom is -0.494 e. The molecule has 3 rings (SSSR count). The number of aryl methyl sites for hydroxylation is 1. The first-order valence-corrected chi connectivity index (χ1v) is 10.3. The number of benzene rings is 1. The van der Waals surface area contributed by atoms with Gasteiger partial charge in [-0.15, -0.1) is 0 Å². The average molecular weight is 383 g/mol. The number of piperidine rings is 1. The van der Waals surface area contributed by atoms with Crippen LogP contribution in [-0.4, -0.2) is 42.1 Å². The van der Waals surface area contributed by atoms with Gasteiger partial charge in [0.1, 0.15) is 11.3 Å². The van der Waals surface area contributed by atoms with Gasteiger partial charge in [0, 0.05) is 19.3 Å². The van der Waals surface area contributed by atoms with E-state index in [0.29, 0.717) is 30.6 Å². The number of hydrogen-bond acceptors (Lipinski definition) is 4. The SMILES string of the molecule is CCOc1ccc(CCC2CCN(C(=O)c3cccnc3OCC)CC2)cc1. The van der Waals surface area contributed by atoms with E-state index in [1.807, 2.05) is 30.9 Å². The molecule has 1 amide bonds. The van der Waals surface area contributed by atoms with Crippen LogP contribution in [0.2, 0.25) is 0 Å². The predicted molar refractivity (Wildman–Crippen MR) is 110 cm³/mol. The molecule has 1 aromatic heterocycles. The second-order valence-corrected chi connectivity index (χ2v) is 7.14. The van der Waals surface area contributed by atoms with Crippen LogP contribution in [0.3, 0.4) is 0 Å².